The van der Waals surface area contributed by atoms with Crippen LogP contribution in [0.2, 0.25) is 0 Å². The smallest absolute Gasteiger partial charge is 0.224 e. The topological polar surface area (TPSA) is 84.7 Å². The molecule has 0 unspecified atom stereocenters. The van der Waals surface area contributed by atoms with E-state index < -0.39 is 5.41 Å². The molecule has 1 fully saturated rings. The first-order valence-corrected chi connectivity index (χ1v) is 5.17. The number of primary amides is 1. The molecule has 0 aromatic heterocycles. The van der Waals surface area contributed by atoms with Crippen LogP contribution in [0.4, 0.5) is 0 Å². The number of carbonyl (C=O) groups excluding carboxylic acids is 1. The highest BCUT2D eigenvalue weighted by Gasteiger charge is 2.28. The molecule has 0 aromatic carbocycles. The van der Waals surface area contributed by atoms with Crippen molar-refractivity contribution in [1.29, 1.82) is 0 Å². The first-order valence-electron chi connectivity index (χ1n) is 5.17. The third-order valence-corrected chi connectivity index (χ3v) is 2.76. The molecule has 1 amide bonds. The molecule has 1 aliphatic carbocycles. The highest BCUT2D eigenvalue weighted by Crippen LogP contribution is 2.25. The van der Waals surface area contributed by atoms with Crippen LogP contribution in [0, 0.1) is 5.41 Å². The van der Waals surface area contributed by atoms with E-state index in [1.165, 1.54) is 12.8 Å². The molecule has 0 spiro atoms. The summed E-state index contributed by atoms with van der Waals surface area (Å²) >= 11 is 0. The van der Waals surface area contributed by atoms with Crippen LogP contribution >= 0.6 is 24.0 Å². The highest BCUT2D eigenvalue weighted by atomic mass is 127. The van der Waals surface area contributed by atoms with Crippen LogP contribution in [-0.4, -0.2) is 36.4 Å². The van der Waals surface area contributed by atoms with Crippen molar-refractivity contribution in [1.82, 2.24) is 4.90 Å². The van der Waals surface area contributed by atoms with Crippen molar-refractivity contribution in [3.05, 3.63) is 0 Å². The van der Waals surface area contributed by atoms with Gasteiger partial charge in [0.25, 0.3) is 0 Å². The minimum absolute atomic E-state index is 0. The minimum atomic E-state index is -0.630. The largest absolute Gasteiger partial charge is 0.370 e. The fourth-order valence-corrected chi connectivity index (χ4v) is 1.12. The predicted molar refractivity (Wildman–Crippen MR) is 75.7 cm³/mol. The molecule has 0 atom stereocenters. The predicted octanol–water partition coefficient (Wildman–Crippen LogP) is 0.525. The summed E-state index contributed by atoms with van der Waals surface area (Å²) in [6.07, 6.45) is 2.35. The maximum atomic E-state index is 11.0. The van der Waals surface area contributed by atoms with Crippen LogP contribution in [0.3, 0.4) is 0 Å². The SMILES string of the molecule is CN(C(N)=NCC(C)(C)C(N)=O)C1CC1.I. The molecule has 4 N–H and O–H groups in total. The average molecular weight is 340 g/mol. The van der Waals surface area contributed by atoms with Gasteiger partial charge in [0.15, 0.2) is 5.96 Å². The van der Waals surface area contributed by atoms with Gasteiger partial charge in [0.05, 0.1) is 12.0 Å². The van der Waals surface area contributed by atoms with Gasteiger partial charge in [-0.15, -0.1) is 24.0 Å². The number of aliphatic imine (C=N–C) groups is 1. The summed E-state index contributed by atoms with van der Waals surface area (Å²) in [4.78, 5) is 17.2. The van der Waals surface area contributed by atoms with E-state index in [4.69, 9.17) is 11.5 Å². The molecule has 0 aliphatic heterocycles. The average Bonchev–Trinajstić information content (AvgIpc) is 2.96. The van der Waals surface area contributed by atoms with Crippen LogP contribution in [-0.2, 0) is 4.79 Å². The van der Waals surface area contributed by atoms with E-state index in [2.05, 4.69) is 4.99 Å². The van der Waals surface area contributed by atoms with Gasteiger partial charge >= 0.3 is 0 Å². The number of amides is 1. The molecule has 1 aliphatic rings. The molecule has 5 nitrogen and oxygen atoms in total. The number of rotatable bonds is 4. The van der Waals surface area contributed by atoms with Crippen LogP contribution < -0.4 is 11.5 Å². The summed E-state index contributed by atoms with van der Waals surface area (Å²) < 4.78 is 0. The fraction of sp³-hybridized carbons (Fsp3) is 0.800. The van der Waals surface area contributed by atoms with Crippen molar-refractivity contribution in [3.8, 4) is 0 Å². The number of hydrogen-bond acceptors (Lipinski definition) is 2. The van der Waals surface area contributed by atoms with Crippen LogP contribution in [0.15, 0.2) is 4.99 Å². The normalized spacial score (nSPS) is 16.6. The Labute approximate surface area is 114 Å². The van der Waals surface area contributed by atoms with Crippen LogP contribution in [0.25, 0.3) is 0 Å². The Bertz CT molecular complexity index is 287. The van der Waals surface area contributed by atoms with Crippen molar-refractivity contribution >= 4 is 35.8 Å². The zero-order valence-corrected chi connectivity index (χ0v) is 12.4. The maximum absolute atomic E-state index is 11.0. The van der Waals surface area contributed by atoms with Gasteiger partial charge in [0, 0.05) is 13.1 Å². The Morgan fingerprint density at radius 3 is 2.31 bits per heavy atom. The molecule has 0 bridgehead atoms. The summed E-state index contributed by atoms with van der Waals surface area (Å²) in [5.41, 5.74) is 10.4. The number of carbonyl (C=O) groups is 1. The summed E-state index contributed by atoms with van der Waals surface area (Å²) in [5, 5.41) is 0. The monoisotopic (exact) mass is 340 g/mol. The summed E-state index contributed by atoms with van der Waals surface area (Å²) in [5.74, 6) is 0.139. The van der Waals surface area contributed by atoms with Crippen molar-refractivity contribution in [2.75, 3.05) is 13.6 Å². The second-order valence-electron chi connectivity index (χ2n) is 4.76. The van der Waals surface area contributed by atoms with Crippen molar-refractivity contribution < 1.29 is 4.79 Å². The first kappa shape index (κ1) is 15.5. The minimum Gasteiger partial charge on any atom is -0.370 e. The Kier molecular flexibility index (Phi) is 5.51. The van der Waals surface area contributed by atoms with Gasteiger partial charge in [-0.1, -0.05) is 0 Å². The van der Waals surface area contributed by atoms with Gasteiger partial charge in [-0.2, -0.15) is 0 Å². The molecule has 6 heteroatoms. The molecular formula is C10H21IN4O. The first-order chi connectivity index (χ1) is 6.84. The van der Waals surface area contributed by atoms with Gasteiger partial charge in [-0.3, -0.25) is 9.79 Å². The van der Waals surface area contributed by atoms with E-state index >= 15 is 0 Å². The van der Waals surface area contributed by atoms with E-state index in [9.17, 15) is 4.79 Å². The Morgan fingerprint density at radius 2 is 1.94 bits per heavy atom. The van der Waals surface area contributed by atoms with Crippen molar-refractivity contribution in [2.24, 2.45) is 21.9 Å². The second-order valence-corrected chi connectivity index (χ2v) is 4.76. The van der Waals surface area contributed by atoms with Gasteiger partial charge < -0.3 is 16.4 Å². The lowest BCUT2D eigenvalue weighted by molar-refractivity contribution is -0.125. The molecule has 1 rings (SSSR count). The van der Waals surface area contributed by atoms with E-state index in [1.54, 1.807) is 13.8 Å². The van der Waals surface area contributed by atoms with E-state index in [-0.39, 0.29) is 29.9 Å². The number of guanidine groups is 1. The highest BCUT2D eigenvalue weighted by molar-refractivity contribution is 14.0. The molecule has 16 heavy (non-hydrogen) atoms. The fourth-order valence-electron chi connectivity index (χ4n) is 1.12. The van der Waals surface area contributed by atoms with Gasteiger partial charge in [0.1, 0.15) is 0 Å². The van der Waals surface area contributed by atoms with Gasteiger partial charge in [-0.05, 0) is 26.7 Å². The number of nitrogens with two attached hydrogens (primary N) is 2. The third-order valence-electron chi connectivity index (χ3n) is 2.76. The number of halogens is 1. The molecule has 0 heterocycles. The summed E-state index contributed by atoms with van der Waals surface area (Å²) in [6, 6.07) is 0.533. The number of hydrogen-bond donors (Lipinski definition) is 2. The van der Waals surface area contributed by atoms with Crippen molar-refractivity contribution in [3.63, 3.8) is 0 Å². The molecule has 94 valence electrons. The lowest BCUT2D eigenvalue weighted by Crippen LogP contribution is -2.39. The summed E-state index contributed by atoms with van der Waals surface area (Å²) in [7, 11) is 1.92. The second kappa shape index (κ2) is 5.70. The molecule has 0 saturated heterocycles. The Balaban J connectivity index is 0.00000225. The standard InChI is InChI=1S/C10H20N4O.HI/c1-10(2,8(11)15)6-13-9(12)14(3)7-4-5-7;/h7H,4-6H2,1-3H3,(H2,11,15)(H2,12,13);1H. The molecular weight excluding hydrogens is 319 g/mol. The zero-order chi connectivity index (χ0) is 11.6. The molecule has 0 radical (unpaired) electrons. The lowest BCUT2D eigenvalue weighted by Gasteiger charge is -2.21. The Hall–Kier alpha value is -0.530. The van der Waals surface area contributed by atoms with E-state index in [0.717, 1.165) is 0 Å². The summed E-state index contributed by atoms with van der Waals surface area (Å²) in [6.45, 7) is 3.87. The zero-order valence-electron chi connectivity index (χ0n) is 10.1. The maximum Gasteiger partial charge on any atom is 0.224 e. The van der Waals surface area contributed by atoms with Gasteiger partial charge in [0.2, 0.25) is 5.91 Å². The van der Waals surface area contributed by atoms with Crippen molar-refractivity contribution in [2.45, 2.75) is 32.7 Å². The lowest BCUT2D eigenvalue weighted by atomic mass is 9.93. The van der Waals surface area contributed by atoms with Gasteiger partial charge in [-0.25, -0.2) is 0 Å². The molecule has 0 aromatic rings. The Morgan fingerprint density at radius 1 is 1.44 bits per heavy atom. The van der Waals surface area contributed by atoms with E-state index in [1.807, 2.05) is 11.9 Å². The number of nitrogens with zero attached hydrogens (tertiary/aromatic N) is 2. The quantitative estimate of drug-likeness (QED) is 0.445. The van der Waals surface area contributed by atoms with Crippen LogP contribution in [0.5, 0.6) is 0 Å². The van der Waals surface area contributed by atoms with E-state index in [0.29, 0.717) is 18.5 Å². The third kappa shape index (κ3) is 4.15. The molecule has 1 saturated carbocycles. The van der Waals surface area contributed by atoms with Crippen LogP contribution in [0.1, 0.15) is 26.7 Å².